The molecule has 0 amide bonds. The molecule has 1 saturated heterocycles. The van der Waals surface area contributed by atoms with Gasteiger partial charge in [0.15, 0.2) is 5.65 Å². The number of imidazole rings is 1. The molecule has 0 saturated carbocycles. The third-order valence-electron chi connectivity index (χ3n) is 4.99. The van der Waals surface area contributed by atoms with Gasteiger partial charge >= 0.3 is 0 Å². The number of nitrogens with zero attached hydrogens (tertiary/aromatic N) is 6. The molecule has 12 heteroatoms. The van der Waals surface area contributed by atoms with E-state index in [9.17, 15) is 17.2 Å². The zero-order valence-electron chi connectivity index (χ0n) is 16.2. The van der Waals surface area contributed by atoms with Crippen LogP contribution < -0.4 is 9.62 Å². The zero-order valence-corrected chi connectivity index (χ0v) is 17.1. The molecule has 0 aromatic carbocycles. The van der Waals surface area contributed by atoms with Gasteiger partial charge in [-0.05, 0) is 31.9 Å². The van der Waals surface area contributed by atoms with Crippen LogP contribution in [-0.4, -0.2) is 57.9 Å². The standard InChI is InChI=1S/C18H21F2N7O2S/c1-2-30(28,29)25-12-4-3-7-26(10-12)17-8-14(22-11-23-17)15-9-21-16-6-5-13(18(19)20)24-27(15)16/h5-6,8-9,11-12,18,25H,2-4,7,10H2,1H3. The minimum absolute atomic E-state index is 0.0308. The molecule has 4 rings (SSSR count). The first-order valence-corrected chi connectivity index (χ1v) is 11.2. The smallest absolute Gasteiger partial charge is 0.282 e. The minimum Gasteiger partial charge on any atom is -0.355 e. The van der Waals surface area contributed by atoms with Gasteiger partial charge in [0.1, 0.15) is 23.5 Å². The molecule has 1 aliphatic heterocycles. The van der Waals surface area contributed by atoms with Gasteiger partial charge in [-0.2, -0.15) is 5.10 Å². The third kappa shape index (κ3) is 4.24. The topological polar surface area (TPSA) is 105 Å². The number of hydrogen-bond donors (Lipinski definition) is 1. The SMILES string of the molecule is CCS(=O)(=O)NC1CCCN(c2cc(-c3cnc4ccc(C(F)F)nn34)ncn2)C1. The van der Waals surface area contributed by atoms with Gasteiger partial charge in [0.25, 0.3) is 6.43 Å². The highest BCUT2D eigenvalue weighted by Gasteiger charge is 2.25. The van der Waals surface area contributed by atoms with Crippen molar-refractivity contribution < 1.29 is 17.2 Å². The van der Waals surface area contributed by atoms with Crippen LogP contribution in [0.3, 0.4) is 0 Å². The van der Waals surface area contributed by atoms with E-state index in [0.717, 1.165) is 19.4 Å². The molecule has 0 bridgehead atoms. The molecule has 160 valence electrons. The molecular formula is C18H21F2N7O2S. The highest BCUT2D eigenvalue weighted by atomic mass is 32.2. The van der Waals surface area contributed by atoms with E-state index >= 15 is 0 Å². The summed E-state index contributed by atoms with van der Waals surface area (Å²) in [6, 6.07) is 4.26. The lowest BCUT2D eigenvalue weighted by atomic mass is 10.1. The lowest BCUT2D eigenvalue weighted by molar-refractivity contribution is 0.144. The van der Waals surface area contributed by atoms with E-state index in [1.54, 1.807) is 13.0 Å². The summed E-state index contributed by atoms with van der Waals surface area (Å²) in [5.41, 5.74) is 1.04. The molecule has 0 aliphatic carbocycles. The zero-order chi connectivity index (χ0) is 21.3. The second-order valence-electron chi connectivity index (χ2n) is 7.04. The second kappa shape index (κ2) is 8.19. The summed E-state index contributed by atoms with van der Waals surface area (Å²) in [6.45, 7) is 2.81. The quantitative estimate of drug-likeness (QED) is 0.629. The van der Waals surface area contributed by atoms with Crippen molar-refractivity contribution in [1.29, 1.82) is 0 Å². The number of anilines is 1. The fourth-order valence-corrected chi connectivity index (χ4v) is 4.32. The van der Waals surface area contributed by atoms with E-state index in [4.69, 9.17) is 0 Å². The Kier molecular flexibility index (Phi) is 5.60. The monoisotopic (exact) mass is 437 g/mol. The molecule has 0 radical (unpaired) electrons. The van der Waals surface area contributed by atoms with Crippen LogP contribution in [0.4, 0.5) is 14.6 Å². The summed E-state index contributed by atoms with van der Waals surface area (Å²) in [7, 11) is -3.29. The van der Waals surface area contributed by atoms with E-state index < -0.39 is 16.4 Å². The van der Waals surface area contributed by atoms with Crippen molar-refractivity contribution in [1.82, 2.24) is 29.3 Å². The second-order valence-corrected chi connectivity index (χ2v) is 9.08. The van der Waals surface area contributed by atoms with Gasteiger partial charge in [-0.3, -0.25) is 0 Å². The highest BCUT2D eigenvalue weighted by Crippen LogP contribution is 2.25. The third-order valence-corrected chi connectivity index (χ3v) is 6.45. The van der Waals surface area contributed by atoms with Crippen LogP contribution in [0.2, 0.25) is 0 Å². The van der Waals surface area contributed by atoms with Crippen LogP contribution in [0.15, 0.2) is 30.7 Å². The molecular weight excluding hydrogens is 416 g/mol. The molecule has 3 aromatic heterocycles. The van der Waals surface area contributed by atoms with Gasteiger partial charge in [-0.25, -0.2) is 41.4 Å². The normalized spacial score (nSPS) is 17.7. The van der Waals surface area contributed by atoms with Crippen molar-refractivity contribution in [2.45, 2.75) is 32.2 Å². The van der Waals surface area contributed by atoms with Crippen molar-refractivity contribution >= 4 is 21.5 Å². The van der Waals surface area contributed by atoms with Crippen LogP contribution >= 0.6 is 0 Å². The summed E-state index contributed by atoms with van der Waals surface area (Å²) in [6.07, 6.45) is 1.79. The maximum Gasteiger partial charge on any atom is 0.282 e. The van der Waals surface area contributed by atoms with Crippen LogP contribution in [0.25, 0.3) is 17.0 Å². The van der Waals surface area contributed by atoms with Crippen LogP contribution in [0.1, 0.15) is 31.9 Å². The lowest BCUT2D eigenvalue weighted by Crippen LogP contribution is -2.48. The molecule has 1 N–H and O–H groups in total. The molecule has 1 atom stereocenters. The van der Waals surface area contributed by atoms with Crippen molar-refractivity contribution in [3.63, 3.8) is 0 Å². The average Bonchev–Trinajstić information content (AvgIpc) is 3.17. The van der Waals surface area contributed by atoms with E-state index in [0.29, 0.717) is 29.4 Å². The van der Waals surface area contributed by atoms with Gasteiger partial charge < -0.3 is 4.90 Å². The average molecular weight is 437 g/mol. The van der Waals surface area contributed by atoms with Gasteiger partial charge in [-0.15, -0.1) is 0 Å². The van der Waals surface area contributed by atoms with E-state index in [1.165, 1.54) is 29.2 Å². The number of halogens is 2. The first kappa shape index (κ1) is 20.5. The maximum absolute atomic E-state index is 13.0. The molecule has 0 spiro atoms. The Morgan fingerprint density at radius 2 is 2.10 bits per heavy atom. The van der Waals surface area contributed by atoms with Gasteiger partial charge in [0.2, 0.25) is 10.0 Å². The first-order chi connectivity index (χ1) is 14.4. The number of nitrogens with one attached hydrogen (secondary N) is 1. The summed E-state index contributed by atoms with van der Waals surface area (Å²) >= 11 is 0. The fraction of sp³-hybridized carbons (Fsp3) is 0.444. The predicted molar refractivity (Wildman–Crippen MR) is 107 cm³/mol. The van der Waals surface area contributed by atoms with E-state index in [-0.39, 0.29) is 17.5 Å². The van der Waals surface area contributed by atoms with Crippen molar-refractivity contribution in [2.75, 3.05) is 23.7 Å². The van der Waals surface area contributed by atoms with Gasteiger partial charge in [-0.1, -0.05) is 0 Å². The Morgan fingerprint density at radius 1 is 1.27 bits per heavy atom. The Labute approximate surface area is 172 Å². The van der Waals surface area contributed by atoms with Crippen LogP contribution in [0.5, 0.6) is 0 Å². The number of piperidine rings is 1. The largest absolute Gasteiger partial charge is 0.355 e. The Balaban J connectivity index is 1.62. The minimum atomic E-state index is -3.29. The summed E-state index contributed by atoms with van der Waals surface area (Å²) in [5, 5.41) is 3.97. The predicted octanol–water partition coefficient (Wildman–Crippen LogP) is 2.03. The summed E-state index contributed by atoms with van der Waals surface area (Å²) in [5.74, 6) is 0.656. The van der Waals surface area contributed by atoms with Crippen LogP contribution in [0, 0.1) is 0 Å². The fourth-order valence-electron chi connectivity index (χ4n) is 3.46. The summed E-state index contributed by atoms with van der Waals surface area (Å²) in [4.78, 5) is 14.8. The van der Waals surface area contributed by atoms with Crippen molar-refractivity contribution in [3.05, 3.63) is 36.4 Å². The van der Waals surface area contributed by atoms with E-state index in [1.807, 2.05) is 4.90 Å². The number of hydrogen-bond acceptors (Lipinski definition) is 7. The molecule has 1 fully saturated rings. The number of rotatable bonds is 6. The molecule has 1 unspecified atom stereocenters. The highest BCUT2D eigenvalue weighted by molar-refractivity contribution is 7.89. The number of aromatic nitrogens is 5. The number of alkyl halides is 2. The van der Waals surface area contributed by atoms with Gasteiger partial charge in [0.05, 0.1) is 17.6 Å². The molecule has 4 heterocycles. The van der Waals surface area contributed by atoms with Crippen molar-refractivity contribution in [3.8, 4) is 11.4 Å². The molecule has 1 aliphatic rings. The number of sulfonamides is 1. The maximum atomic E-state index is 13.0. The molecule has 9 nitrogen and oxygen atoms in total. The first-order valence-electron chi connectivity index (χ1n) is 9.56. The van der Waals surface area contributed by atoms with Crippen LogP contribution in [-0.2, 0) is 10.0 Å². The Bertz CT molecular complexity index is 1150. The van der Waals surface area contributed by atoms with E-state index in [2.05, 4.69) is 24.8 Å². The summed E-state index contributed by atoms with van der Waals surface area (Å²) < 4.78 is 53.9. The molecule has 30 heavy (non-hydrogen) atoms. The number of fused-ring (bicyclic) bond motifs is 1. The molecule has 3 aromatic rings. The van der Waals surface area contributed by atoms with Gasteiger partial charge in [0, 0.05) is 25.2 Å². The lowest BCUT2D eigenvalue weighted by Gasteiger charge is -2.33. The Hall–Kier alpha value is -2.73. The van der Waals surface area contributed by atoms with Crippen molar-refractivity contribution in [2.24, 2.45) is 0 Å². The Morgan fingerprint density at radius 3 is 2.87 bits per heavy atom.